The Hall–Kier alpha value is -2.32. The summed E-state index contributed by atoms with van der Waals surface area (Å²) in [7, 11) is 0. The van der Waals surface area contributed by atoms with Crippen molar-refractivity contribution in [3.05, 3.63) is 47.4 Å². The standard InChI is InChI=1S/C14H13ClN4O/c1-10(20-13-5-3-2-4-12(13)15)7-18-14-9-17-11(6-16)8-19-14/h2-5,8-10H,7H2,1H3,(H,18,19). The lowest BCUT2D eigenvalue weighted by Crippen LogP contribution is -2.23. The number of nitriles is 1. The first-order chi connectivity index (χ1) is 9.69. The van der Waals surface area contributed by atoms with Crippen LogP contribution in [-0.4, -0.2) is 22.6 Å². The van der Waals surface area contributed by atoms with Gasteiger partial charge in [0.25, 0.3) is 0 Å². The van der Waals surface area contributed by atoms with Crippen molar-refractivity contribution in [2.75, 3.05) is 11.9 Å². The van der Waals surface area contributed by atoms with Crippen molar-refractivity contribution in [1.82, 2.24) is 9.97 Å². The molecule has 0 aliphatic carbocycles. The van der Waals surface area contributed by atoms with E-state index < -0.39 is 0 Å². The van der Waals surface area contributed by atoms with Gasteiger partial charge >= 0.3 is 0 Å². The summed E-state index contributed by atoms with van der Waals surface area (Å²) in [4.78, 5) is 7.99. The van der Waals surface area contributed by atoms with Crippen molar-refractivity contribution in [3.8, 4) is 11.8 Å². The quantitative estimate of drug-likeness (QED) is 0.916. The molecule has 2 aromatic rings. The number of halogens is 1. The number of rotatable bonds is 5. The Kier molecular flexibility index (Phi) is 4.75. The maximum absolute atomic E-state index is 8.63. The fourth-order valence-electron chi connectivity index (χ4n) is 1.52. The van der Waals surface area contributed by atoms with Gasteiger partial charge in [-0.1, -0.05) is 23.7 Å². The van der Waals surface area contributed by atoms with Gasteiger partial charge in [0.05, 0.1) is 24.0 Å². The number of ether oxygens (including phenoxy) is 1. The molecule has 2 rings (SSSR count). The molecule has 0 spiro atoms. The summed E-state index contributed by atoms with van der Waals surface area (Å²) in [5, 5.41) is 12.3. The summed E-state index contributed by atoms with van der Waals surface area (Å²) in [6, 6.07) is 9.24. The van der Waals surface area contributed by atoms with Crippen molar-refractivity contribution in [1.29, 1.82) is 5.26 Å². The summed E-state index contributed by atoms with van der Waals surface area (Å²) >= 11 is 6.02. The first kappa shape index (κ1) is 14.1. The summed E-state index contributed by atoms with van der Waals surface area (Å²) in [6.07, 6.45) is 2.84. The van der Waals surface area contributed by atoms with E-state index in [0.717, 1.165) is 0 Å². The lowest BCUT2D eigenvalue weighted by atomic mass is 10.3. The van der Waals surface area contributed by atoms with Crippen LogP contribution in [0.3, 0.4) is 0 Å². The average Bonchev–Trinajstić information content (AvgIpc) is 2.48. The van der Waals surface area contributed by atoms with Crippen LogP contribution in [0.4, 0.5) is 5.82 Å². The van der Waals surface area contributed by atoms with E-state index in [0.29, 0.717) is 23.1 Å². The van der Waals surface area contributed by atoms with Gasteiger partial charge in [-0.3, -0.25) is 0 Å². The number of anilines is 1. The van der Waals surface area contributed by atoms with E-state index in [1.807, 2.05) is 31.2 Å². The third kappa shape index (κ3) is 3.84. The highest BCUT2D eigenvalue weighted by Crippen LogP contribution is 2.24. The van der Waals surface area contributed by atoms with Crippen molar-refractivity contribution < 1.29 is 4.74 Å². The van der Waals surface area contributed by atoms with E-state index in [9.17, 15) is 0 Å². The van der Waals surface area contributed by atoms with Gasteiger partial charge in [-0.2, -0.15) is 5.26 Å². The molecule has 20 heavy (non-hydrogen) atoms. The molecule has 0 bridgehead atoms. The van der Waals surface area contributed by atoms with Gasteiger partial charge in [0.2, 0.25) is 0 Å². The number of hydrogen-bond acceptors (Lipinski definition) is 5. The van der Waals surface area contributed by atoms with Gasteiger partial charge < -0.3 is 10.1 Å². The minimum atomic E-state index is -0.0904. The summed E-state index contributed by atoms with van der Waals surface area (Å²) in [5.74, 6) is 1.24. The molecule has 5 nitrogen and oxygen atoms in total. The topological polar surface area (TPSA) is 70.8 Å². The Labute approximate surface area is 122 Å². The van der Waals surface area contributed by atoms with Crippen molar-refractivity contribution in [3.63, 3.8) is 0 Å². The van der Waals surface area contributed by atoms with Crippen LogP contribution < -0.4 is 10.1 Å². The van der Waals surface area contributed by atoms with Gasteiger partial charge in [0.15, 0.2) is 5.69 Å². The van der Waals surface area contributed by atoms with Gasteiger partial charge in [-0.25, -0.2) is 9.97 Å². The van der Waals surface area contributed by atoms with Crippen molar-refractivity contribution in [2.24, 2.45) is 0 Å². The lowest BCUT2D eigenvalue weighted by molar-refractivity contribution is 0.235. The zero-order valence-corrected chi connectivity index (χ0v) is 11.6. The molecule has 1 atom stereocenters. The summed E-state index contributed by atoms with van der Waals surface area (Å²) < 4.78 is 5.72. The van der Waals surface area contributed by atoms with Crippen LogP contribution in [0.15, 0.2) is 36.7 Å². The van der Waals surface area contributed by atoms with E-state index in [4.69, 9.17) is 21.6 Å². The zero-order valence-electron chi connectivity index (χ0n) is 10.9. The minimum absolute atomic E-state index is 0.0904. The molecule has 0 aliphatic rings. The molecule has 0 fully saturated rings. The Morgan fingerprint density at radius 2 is 2.15 bits per heavy atom. The molecule has 0 amide bonds. The molecular formula is C14H13ClN4O. The second-order valence-corrected chi connectivity index (χ2v) is 4.55. The lowest BCUT2D eigenvalue weighted by Gasteiger charge is -2.16. The number of aromatic nitrogens is 2. The summed E-state index contributed by atoms with van der Waals surface area (Å²) in [6.45, 7) is 2.47. The number of nitrogens with zero attached hydrogens (tertiary/aromatic N) is 3. The predicted octanol–water partition coefficient (Wildman–Crippen LogP) is 2.88. The van der Waals surface area contributed by atoms with Gasteiger partial charge in [-0.15, -0.1) is 0 Å². The van der Waals surface area contributed by atoms with Crippen molar-refractivity contribution in [2.45, 2.75) is 13.0 Å². The largest absolute Gasteiger partial charge is 0.487 e. The second kappa shape index (κ2) is 6.73. The molecule has 0 aliphatic heterocycles. The molecule has 1 unspecified atom stereocenters. The maximum atomic E-state index is 8.63. The highest BCUT2D eigenvalue weighted by Gasteiger charge is 2.07. The molecule has 0 saturated heterocycles. The fraction of sp³-hybridized carbons (Fsp3) is 0.214. The number of hydrogen-bond donors (Lipinski definition) is 1. The molecule has 102 valence electrons. The SMILES string of the molecule is CC(CNc1cnc(C#N)cn1)Oc1ccccc1Cl. The van der Waals surface area contributed by atoms with E-state index in [-0.39, 0.29) is 11.8 Å². The number of para-hydroxylation sites is 1. The molecule has 1 aromatic heterocycles. The number of benzene rings is 1. The number of nitrogens with one attached hydrogen (secondary N) is 1. The normalized spacial score (nSPS) is 11.4. The third-order valence-corrected chi connectivity index (χ3v) is 2.81. The van der Waals surface area contributed by atoms with Crippen LogP contribution in [0, 0.1) is 11.3 Å². The van der Waals surface area contributed by atoms with Gasteiger partial charge in [0.1, 0.15) is 23.7 Å². The highest BCUT2D eigenvalue weighted by atomic mass is 35.5. The van der Waals surface area contributed by atoms with Crippen LogP contribution in [0.2, 0.25) is 5.02 Å². The Balaban J connectivity index is 1.87. The second-order valence-electron chi connectivity index (χ2n) is 4.14. The highest BCUT2D eigenvalue weighted by molar-refractivity contribution is 6.32. The molecule has 1 aromatic carbocycles. The van der Waals surface area contributed by atoms with Crippen molar-refractivity contribution >= 4 is 17.4 Å². The molecule has 6 heteroatoms. The van der Waals surface area contributed by atoms with E-state index in [1.165, 1.54) is 12.4 Å². The average molecular weight is 289 g/mol. The predicted molar refractivity (Wildman–Crippen MR) is 76.8 cm³/mol. The van der Waals surface area contributed by atoms with Gasteiger partial charge in [-0.05, 0) is 19.1 Å². The minimum Gasteiger partial charge on any atom is -0.487 e. The van der Waals surface area contributed by atoms with Crippen LogP contribution in [0.5, 0.6) is 5.75 Å². The first-order valence-electron chi connectivity index (χ1n) is 6.06. The van der Waals surface area contributed by atoms with Crippen LogP contribution >= 0.6 is 11.6 Å². The smallest absolute Gasteiger partial charge is 0.158 e. The van der Waals surface area contributed by atoms with E-state index in [2.05, 4.69) is 15.3 Å². The van der Waals surface area contributed by atoms with Crippen LogP contribution in [0.25, 0.3) is 0 Å². The monoisotopic (exact) mass is 288 g/mol. The zero-order chi connectivity index (χ0) is 14.4. The maximum Gasteiger partial charge on any atom is 0.158 e. The molecule has 0 radical (unpaired) electrons. The molecular weight excluding hydrogens is 276 g/mol. The summed E-state index contributed by atoms with van der Waals surface area (Å²) in [5.41, 5.74) is 0.288. The molecule has 1 N–H and O–H groups in total. The fourth-order valence-corrected chi connectivity index (χ4v) is 1.70. The Morgan fingerprint density at radius 3 is 2.80 bits per heavy atom. The Morgan fingerprint density at radius 1 is 1.35 bits per heavy atom. The third-order valence-electron chi connectivity index (χ3n) is 2.50. The van der Waals surface area contributed by atoms with Crippen LogP contribution in [-0.2, 0) is 0 Å². The Bertz CT molecular complexity index is 609. The van der Waals surface area contributed by atoms with E-state index in [1.54, 1.807) is 6.07 Å². The molecule has 1 heterocycles. The van der Waals surface area contributed by atoms with Gasteiger partial charge in [0, 0.05) is 0 Å². The molecule has 0 saturated carbocycles. The van der Waals surface area contributed by atoms with E-state index >= 15 is 0 Å². The first-order valence-corrected chi connectivity index (χ1v) is 6.44. The van der Waals surface area contributed by atoms with Crippen LogP contribution in [0.1, 0.15) is 12.6 Å².